The molecule has 2 aliphatic rings. The summed E-state index contributed by atoms with van der Waals surface area (Å²) in [4.78, 5) is 25.7. The first-order valence-corrected chi connectivity index (χ1v) is 13.3. The van der Waals surface area contributed by atoms with Crippen LogP contribution in [-0.4, -0.2) is 59.8 Å². The van der Waals surface area contributed by atoms with E-state index in [4.69, 9.17) is 15.9 Å². The molecule has 2 aliphatic carbocycles. The van der Waals surface area contributed by atoms with Crippen molar-refractivity contribution in [2.75, 3.05) is 37.8 Å². The lowest BCUT2D eigenvalue weighted by Gasteiger charge is -2.25. The van der Waals surface area contributed by atoms with Crippen molar-refractivity contribution in [2.45, 2.75) is 45.1 Å². The number of benzene rings is 1. The van der Waals surface area contributed by atoms with E-state index in [-0.39, 0.29) is 11.9 Å². The molecule has 36 heavy (non-hydrogen) atoms. The summed E-state index contributed by atoms with van der Waals surface area (Å²) < 4.78 is 5.80. The minimum atomic E-state index is 0.166. The Morgan fingerprint density at radius 2 is 2.17 bits per heavy atom. The average Bonchev–Trinajstić information content (AvgIpc) is 3.61. The largest absolute Gasteiger partial charge is 0.492 e. The molecule has 2 heterocycles. The maximum atomic E-state index is 12.5. The van der Waals surface area contributed by atoms with E-state index in [1.807, 2.05) is 24.9 Å². The highest BCUT2D eigenvalue weighted by molar-refractivity contribution is 7.19. The van der Waals surface area contributed by atoms with Gasteiger partial charge in [0.25, 0.3) is 0 Å². The monoisotopic (exact) mass is 507 g/mol. The molecule has 1 unspecified atom stereocenters. The van der Waals surface area contributed by atoms with Crippen molar-refractivity contribution in [1.29, 1.82) is 5.41 Å². The Morgan fingerprint density at radius 1 is 1.33 bits per heavy atom. The summed E-state index contributed by atoms with van der Waals surface area (Å²) in [6.07, 6.45) is 8.03. The van der Waals surface area contributed by atoms with Crippen molar-refractivity contribution in [3.05, 3.63) is 34.5 Å². The van der Waals surface area contributed by atoms with Crippen LogP contribution in [0.3, 0.4) is 0 Å². The van der Waals surface area contributed by atoms with Crippen molar-refractivity contribution in [1.82, 2.24) is 20.2 Å². The van der Waals surface area contributed by atoms with Gasteiger partial charge in [-0.2, -0.15) is 0 Å². The number of amides is 1. The number of ether oxygens (including phenoxy) is 1. The number of nitrogen functional groups attached to an aromatic ring is 1. The van der Waals surface area contributed by atoms with Crippen LogP contribution in [0.2, 0.25) is 0 Å². The summed E-state index contributed by atoms with van der Waals surface area (Å²) in [6.45, 7) is 3.68. The topological polar surface area (TPSA) is 129 Å². The van der Waals surface area contributed by atoms with Crippen LogP contribution in [0, 0.1) is 11.3 Å². The van der Waals surface area contributed by atoms with Crippen LogP contribution < -0.4 is 21.1 Å². The van der Waals surface area contributed by atoms with Crippen LogP contribution in [0.25, 0.3) is 10.2 Å². The van der Waals surface area contributed by atoms with E-state index in [9.17, 15) is 4.79 Å². The molecule has 1 atom stereocenters. The molecule has 0 aliphatic heterocycles. The molecule has 5 rings (SSSR count). The number of aryl methyl sites for hydroxylation is 1. The number of hydrogen-bond acceptors (Lipinski definition) is 9. The molecule has 9 nitrogen and oxygen atoms in total. The van der Waals surface area contributed by atoms with E-state index in [1.54, 1.807) is 23.7 Å². The maximum Gasteiger partial charge on any atom is 0.236 e. The van der Waals surface area contributed by atoms with Crippen LogP contribution in [0.15, 0.2) is 18.5 Å². The molecule has 2 aromatic heterocycles. The van der Waals surface area contributed by atoms with Crippen molar-refractivity contribution in [3.63, 3.8) is 0 Å². The van der Waals surface area contributed by atoms with E-state index in [1.165, 1.54) is 29.5 Å². The van der Waals surface area contributed by atoms with Gasteiger partial charge >= 0.3 is 0 Å². The highest BCUT2D eigenvalue weighted by Crippen LogP contribution is 2.40. The highest BCUT2D eigenvalue weighted by Gasteiger charge is 2.27. The summed E-state index contributed by atoms with van der Waals surface area (Å²) in [6, 6.07) is 3.83. The van der Waals surface area contributed by atoms with E-state index >= 15 is 0 Å². The predicted molar refractivity (Wildman–Crippen MR) is 145 cm³/mol. The second-order valence-electron chi connectivity index (χ2n) is 9.62. The third-order valence-electron chi connectivity index (χ3n) is 6.94. The Hall–Kier alpha value is -3.24. The second-order valence-corrected chi connectivity index (χ2v) is 10.7. The zero-order valence-electron chi connectivity index (χ0n) is 20.8. The summed E-state index contributed by atoms with van der Waals surface area (Å²) in [5.41, 5.74) is 9.17. The molecule has 0 bridgehead atoms. The fraction of sp³-hybridized carbons (Fsp3) is 0.462. The van der Waals surface area contributed by atoms with Gasteiger partial charge in [0.05, 0.1) is 24.2 Å². The number of nitrogens with zero attached hydrogens (tertiary/aromatic N) is 3. The van der Waals surface area contributed by atoms with E-state index < -0.39 is 0 Å². The van der Waals surface area contributed by atoms with Gasteiger partial charge in [-0.1, -0.05) is 0 Å². The first kappa shape index (κ1) is 24.5. The van der Waals surface area contributed by atoms with Gasteiger partial charge in [-0.25, -0.2) is 9.97 Å². The van der Waals surface area contributed by atoms with E-state index in [0.717, 1.165) is 41.8 Å². The Kier molecular flexibility index (Phi) is 7.06. The number of carbonyl (C=O) groups is 1. The summed E-state index contributed by atoms with van der Waals surface area (Å²) in [7, 11) is 1.91. The molecule has 190 valence electrons. The first-order valence-electron chi connectivity index (χ1n) is 12.5. The number of thiophene rings is 1. The molecule has 10 heteroatoms. The summed E-state index contributed by atoms with van der Waals surface area (Å²) >= 11 is 1.70. The number of carbonyl (C=O) groups excluding carboxylic acids is 1. The number of nitrogens with two attached hydrogens (primary N) is 1. The fourth-order valence-electron chi connectivity index (χ4n) is 4.77. The smallest absolute Gasteiger partial charge is 0.236 e. The van der Waals surface area contributed by atoms with Gasteiger partial charge in [0.1, 0.15) is 22.7 Å². The number of aromatic nitrogens is 2. The molecule has 5 N–H and O–H groups in total. The number of nitrogens with one attached hydrogen (secondary N) is 3. The quantitative estimate of drug-likeness (QED) is 0.243. The Balaban J connectivity index is 1.34. The van der Waals surface area contributed by atoms with Crippen molar-refractivity contribution in [3.8, 4) is 5.75 Å². The summed E-state index contributed by atoms with van der Waals surface area (Å²) in [5, 5.41) is 15.6. The molecule has 0 spiro atoms. The molecule has 3 aromatic rings. The zero-order chi connectivity index (χ0) is 25.2. The number of rotatable bonds is 10. The van der Waals surface area contributed by atoms with E-state index in [2.05, 4.69) is 20.6 Å². The minimum absolute atomic E-state index is 0.166. The van der Waals surface area contributed by atoms with Crippen molar-refractivity contribution in [2.24, 2.45) is 5.92 Å². The standard InChI is InChI=1S/C26H33N7O2S/c1-3-35-21-10-19(28)16(11-27)8-20(21)32-25-24-18-7-6-17(9-22(18)36-26(24)31-14-30-25)29-12-23(34)33(2)13-15-4-5-15/h8,10-11,14-15,17,27,29H,3-7,9,12-13,28H2,1-2H3,(H,30,31,32). The molecule has 1 saturated carbocycles. The van der Waals surface area contributed by atoms with Gasteiger partial charge in [-0.15, -0.1) is 11.3 Å². The lowest BCUT2D eigenvalue weighted by Crippen LogP contribution is -2.42. The minimum Gasteiger partial charge on any atom is -0.492 e. The molecular formula is C26H33N7O2S. The molecule has 1 aromatic carbocycles. The molecule has 0 radical (unpaired) electrons. The van der Waals surface area contributed by atoms with Crippen LogP contribution in [0.5, 0.6) is 5.75 Å². The Morgan fingerprint density at radius 3 is 2.92 bits per heavy atom. The number of hydrogen-bond donors (Lipinski definition) is 4. The fourth-order valence-corrected chi connectivity index (χ4v) is 6.04. The van der Waals surface area contributed by atoms with Gasteiger partial charge in [0, 0.05) is 48.0 Å². The average molecular weight is 508 g/mol. The zero-order valence-corrected chi connectivity index (χ0v) is 21.6. The third-order valence-corrected chi connectivity index (χ3v) is 8.10. The second kappa shape index (κ2) is 10.4. The molecule has 1 amide bonds. The van der Waals surface area contributed by atoms with Crippen LogP contribution in [-0.2, 0) is 17.6 Å². The third kappa shape index (κ3) is 5.15. The van der Waals surface area contributed by atoms with E-state index in [0.29, 0.717) is 41.8 Å². The van der Waals surface area contributed by atoms with Crippen LogP contribution in [0.1, 0.15) is 42.2 Å². The van der Waals surface area contributed by atoms with Crippen LogP contribution in [0.4, 0.5) is 17.2 Å². The lowest BCUT2D eigenvalue weighted by molar-refractivity contribution is -0.129. The number of fused-ring (bicyclic) bond motifs is 3. The van der Waals surface area contributed by atoms with Crippen molar-refractivity contribution >= 4 is 50.9 Å². The highest BCUT2D eigenvalue weighted by atomic mass is 32.1. The molecular weight excluding hydrogens is 474 g/mol. The summed E-state index contributed by atoms with van der Waals surface area (Å²) in [5.74, 6) is 2.21. The number of anilines is 3. The van der Waals surface area contributed by atoms with Gasteiger partial charge in [0.2, 0.25) is 5.91 Å². The Labute approximate surface area is 215 Å². The lowest BCUT2D eigenvalue weighted by atomic mass is 9.93. The number of likely N-dealkylation sites (N-methyl/N-ethyl adjacent to an activating group) is 1. The molecule has 1 fully saturated rings. The Bertz CT molecular complexity index is 1290. The van der Waals surface area contributed by atoms with Crippen LogP contribution >= 0.6 is 11.3 Å². The first-order chi connectivity index (χ1) is 17.5. The predicted octanol–water partition coefficient (Wildman–Crippen LogP) is 3.73. The van der Waals surface area contributed by atoms with Gasteiger partial charge in [0.15, 0.2) is 0 Å². The molecule has 0 saturated heterocycles. The SMILES string of the molecule is CCOc1cc(N)c(C=N)cc1Nc1ncnc2sc3c(c12)CCC(NCC(=O)N(C)CC1CC1)C3. The van der Waals surface area contributed by atoms with Crippen molar-refractivity contribution < 1.29 is 9.53 Å². The van der Waals surface area contributed by atoms with Gasteiger partial charge < -0.3 is 31.4 Å². The normalized spacial score (nSPS) is 17.0. The van der Waals surface area contributed by atoms with Gasteiger partial charge in [-0.3, -0.25) is 4.79 Å². The maximum absolute atomic E-state index is 12.5. The van der Waals surface area contributed by atoms with Gasteiger partial charge in [-0.05, 0) is 56.6 Å².